The van der Waals surface area contributed by atoms with Gasteiger partial charge in [0.05, 0.1) is 0 Å². The standard InChI is InChI=1S/C19H42O3Si.C9H22O3Si/c1-5-6-7-8-9-10-11-12-13-14-15-16-17-18-19-23(20-2,21-3)22-4;1-5-6-7-8-9-13(10-2,11-3)12-4/h5-19H2,1-4H3;5-9H2,1-4H3. The topological polar surface area (TPSA) is 55.4 Å². The minimum absolute atomic E-state index is 0.927. The molecule has 6 nitrogen and oxygen atoms in total. The highest BCUT2D eigenvalue weighted by atomic mass is 28.4. The first kappa shape index (κ1) is 38.3. The van der Waals surface area contributed by atoms with Crippen molar-refractivity contribution in [2.45, 2.75) is 142 Å². The van der Waals surface area contributed by atoms with Gasteiger partial charge in [-0.25, -0.2) is 0 Å². The van der Waals surface area contributed by atoms with E-state index >= 15 is 0 Å². The van der Waals surface area contributed by atoms with Gasteiger partial charge in [-0.15, -0.1) is 0 Å². The first-order valence-corrected chi connectivity index (χ1v) is 18.7. The predicted octanol–water partition coefficient (Wildman–Crippen LogP) is 8.79. The summed E-state index contributed by atoms with van der Waals surface area (Å²) in [5.41, 5.74) is 0. The van der Waals surface area contributed by atoms with Crippen LogP contribution in [0.3, 0.4) is 0 Å². The van der Waals surface area contributed by atoms with Gasteiger partial charge >= 0.3 is 17.6 Å². The van der Waals surface area contributed by atoms with Crippen molar-refractivity contribution in [3.05, 3.63) is 0 Å². The van der Waals surface area contributed by atoms with Crippen LogP contribution in [0, 0.1) is 0 Å². The number of hydrogen-bond donors (Lipinski definition) is 0. The second kappa shape index (κ2) is 28.2. The lowest BCUT2D eigenvalue weighted by Crippen LogP contribution is -2.42. The van der Waals surface area contributed by atoms with Crippen molar-refractivity contribution in [3.63, 3.8) is 0 Å². The highest BCUT2D eigenvalue weighted by Crippen LogP contribution is 2.19. The van der Waals surface area contributed by atoms with Crippen LogP contribution in [0.4, 0.5) is 0 Å². The first-order chi connectivity index (χ1) is 17.5. The van der Waals surface area contributed by atoms with Crippen LogP contribution in [0.5, 0.6) is 0 Å². The molecule has 0 aromatic carbocycles. The zero-order chi connectivity index (χ0) is 27.4. The number of unbranched alkanes of at least 4 members (excludes halogenated alkanes) is 16. The van der Waals surface area contributed by atoms with Crippen molar-refractivity contribution in [2.75, 3.05) is 42.7 Å². The fraction of sp³-hybridized carbons (Fsp3) is 1.00. The van der Waals surface area contributed by atoms with E-state index in [0.717, 1.165) is 24.9 Å². The SMILES string of the molecule is CCCCCCCCCCCCCCCC[Si](OC)(OC)OC.CCCCCC[Si](OC)(OC)OC. The van der Waals surface area contributed by atoms with Crippen molar-refractivity contribution in [1.29, 1.82) is 0 Å². The second-order valence-corrected chi connectivity index (χ2v) is 15.9. The van der Waals surface area contributed by atoms with Gasteiger partial charge in [0.25, 0.3) is 0 Å². The van der Waals surface area contributed by atoms with Gasteiger partial charge in [-0.05, 0) is 12.8 Å². The molecule has 0 saturated heterocycles. The molecule has 0 aliphatic heterocycles. The quantitative estimate of drug-likeness (QED) is 0.0789. The van der Waals surface area contributed by atoms with Crippen molar-refractivity contribution in [3.8, 4) is 0 Å². The van der Waals surface area contributed by atoms with Gasteiger partial charge in [-0.1, -0.05) is 117 Å². The Morgan fingerprint density at radius 3 is 0.722 bits per heavy atom. The van der Waals surface area contributed by atoms with E-state index in [2.05, 4.69) is 13.8 Å². The molecule has 0 unspecified atom stereocenters. The maximum Gasteiger partial charge on any atom is 0.500 e. The second-order valence-electron chi connectivity index (χ2n) is 9.75. The fourth-order valence-electron chi connectivity index (χ4n) is 4.42. The fourth-order valence-corrected chi connectivity index (χ4v) is 8.01. The van der Waals surface area contributed by atoms with Gasteiger partial charge in [-0.3, -0.25) is 0 Å². The number of rotatable bonds is 26. The Morgan fingerprint density at radius 1 is 0.306 bits per heavy atom. The minimum Gasteiger partial charge on any atom is -0.377 e. The Balaban J connectivity index is 0. The lowest BCUT2D eigenvalue weighted by atomic mass is 10.0. The third-order valence-electron chi connectivity index (χ3n) is 7.04. The third kappa shape index (κ3) is 21.2. The maximum atomic E-state index is 5.44. The van der Waals surface area contributed by atoms with Crippen molar-refractivity contribution in [2.24, 2.45) is 0 Å². The van der Waals surface area contributed by atoms with Crippen molar-refractivity contribution >= 4 is 17.6 Å². The Labute approximate surface area is 228 Å². The van der Waals surface area contributed by atoms with E-state index in [0.29, 0.717) is 0 Å². The Hall–Kier alpha value is 0.194. The molecule has 0 heterocycles. The average molecular weight is 553 g/mol. The van der Waals surface area contributed by atoms with E-state index in [9.17, 15) is 0 Å². The van der Waals surface area contributed by atoms with Crippen molar-refractivity contribution in [1.82, 2.24) is 0 Å². The van der Waals surface area contributed by atoms with Crippen LogP contribution in [0.15, 0.2) is 0 Å². The molecule has 0 aliphatic carbocycles. The third-order valence-corrected chi connectivity index (χ3v) is 12.7. The van der Waals surface area contributed by atoms with Crippen LogP contribution in [-0.4, -0.2) is 60.3 Å². The normalized spacial score (nSPS) is 12.0. The zero-order valence-corrected chi connectivity index (χ0v) is 27.6. The molecule has 0 aromatic heterocycles. The van der Waals surface area contributed by atoms with Crippen LogP contribution in [0.1, 0.15) is 129 Å². The van der Waals surface area contributed by atoms with Gasteiger partial charge in [0, 0.05) is 54.7 Å². The molecule has 0 amide bonds. The van der Waals surface area contributed by atoms with Crippen LogP contribution in [0.25, 0.3) is 0 Å². The monoisotopic (exact) mass is 552 g/mol. The summed E-state index contributed by atoms with van der Waals surface area (Å²) in [6.07, 6.45) is 24.3. The van der Waals surface area contributed by atoms with E-state index < -0.39 is 17.6 Å². The van der Waals surface area contributed by atoms with E-state index in [1.807, 2.05) is 0 Å². The minimum atomic E-state index is -2.32. The van der Waals surface area contributed by atoms with Crippen LogP contribution in [-0.2, 0) is 26.6 Å². The molecule has 220 valence electrons. The summed E-state index contributed by atoms with van der Waals surface area (Å²) in [6, 6.07) is 1.87. The zero-order valence-electron chi connectivity index (χ0n) is 25.6. The molecule has 0 radical (unpaired) electrons. The Morgan fingerprint density at radius 2 is 0.500 bits per heavy atom. The molecule has 0 aromatic rings. The van der Waals surface area contributed by atoms with E-state index in [1.165, 1.54) is 103 Å². The summed E-state index contributed by atoms with van der Waals surface area (Å²) in [7, 11) is 5.50. The van der Waals surface area contributed by atoms with Gasteiger partial charge < -0.3 is 26.6 Å². The van der Waals surface area contributed by atoms with Gasteiger partial charge in [0.1, 0.15) is 0 Å². The summed E-state index contributed by atoms with van der Waals surface area (Å²) >= 11 is 0. The lowest BCUT2D eigenvalue weighted by Gasteiger charge is -2.24. The van der Waals surface area contributed by atoms with E-state index in [-0.39, 0.29) is 0 Å². The van der Waals surface area contributed by atoms with Gasteiger partial charge in [0.2, 0.25) is 0 Å². The Kier molecular flexibility index (Phi) is 30.0. The smallest absolute Gasteiger partial charge is 0.377 e. The molecule has 0 spiro atoms. The maximum absolute atomic E-state index is 5.44. The molecule has 0 atom stereocenters. The highest BCUT2D eigenvalue weighted by molar-refractivity contribution is 6.60. The summed E-state index contributed by atoms with van der Waals surface area (Å²) in [6.45, 7) is 4.48. The molecule has 0 fully saturated rings. The number of hydrogen-bond acceptors (Lipinski definition) is 6. The highest BCUT2D eigenvalue weighted by Gasteiger charge is 2.37. The summed E-state index contributed by atoms with van der Waals surface area (Å²) in [4.78, 5) is 0. The van der Waals surface area contributed by atoms with E-state index in [1.54, 1.807) is 42.7 Å². The van der Waals surface area contributed by atoms with E-state index in [4.69, 9.17) is 26.6 Å². The first-order valence-electron chi connectivity index (χ1n) is 14.8. The molecular weight excluding hydrogens is 488 g/mol. The molecule has 0 N–H and O–H groups in total. The average Bonchev–Trinajstić information content (AvgIpc) is 2.92. The molecule has 0 bridgehead atoms. The predicted molar refractivity (Wildman–Crippen MR) is 158 cm³/mol. The molecule has 8 heteroatoms. The largest absolute Gasteiger partial charge is 0.500 e. The molecule has 0 rings (SSSR count). The summed E-state index contributed by atoms with van der Waals surface area (Å²) in [5.74, 6) is 0. The van der Waals surface area contributed by atoms with Gasteiger partial charge in [0.15, 0.2) is 0 Å². The molecule has 0 saturated carbocycles. The summed E-state index contributed by atoms with van der Waals surface area (Å²) in [5, 5.41) is 0. The van der Waals surface area contributed by atoms with Crippen LogP contribution >= 0.6 is 0 Å². The van der Waals surface area contributed by atoms with Crippen LogP contribution in [0.2, 0.25) is 12.1 Å². The van der Waals surface area contributed by atoms with Crippen molar-refractivity contribution < 1.29 is 26.6 Å². The molecular formula is C28H64O6Si2. The summed E-state index contributed by atoms with van der Waals surface area (Å²) < 4.78 is 32.3. The Bertz CT molecular complexity index is 404. The lowest BCUT2D eigenvalue weighted by molar-refractivity contribution is 0.122. The van der Waals surface area contributed by atoms with Crippen LogP contribution < -0.4 is 0 Å². The molecule has 0 aliphatic rings. The van der Waals surface area contributed by atoms with Gasteiger partial charge in [-0.2, -0.15) is 0 Å². The molecule has 36 heavy (non-hydrogen) atoms.